The van der Waals surface area contributed by atoms with Crippen LogP contribution in [0.3, 0.4) is 0 Å². The molecule has 5 atom stereocenters. The first-order chi connectivity index (χ1) is 12.8. The summed E-state index contributed by atoms with van der Waals surface area (Å²) in [6.45, 7) is 9.52. The Balaban J connectivity index is 1.77. The highest BCUT2D eigenvalue weighted by atomic mass is 16.5. The van der Waals surface area contributed by atoms with Gasteiger partial charge < -0.3 is 4.74 Å². The summed E-state index contributed by atoms with van der Waals surface area (Å²) in [6, 6.07) is 0. The van der Waals surface area contributed by atoms with Gasteiger partial charge in [-0.05, 0) is 62.4 Å². The highest BCUT2D eigenvalue weighted by Gasteiger charge is 2.59. The van der Waals surface area contributed by atoms with Gasteiger partial charge in [0.05, 0.1) is 6.61 Å². The minimum Gasteiger partial charge on any atom is -0.490 e. The van der Waals surface area contributed by atoms with E-state index < -0.39 is 0 Å². The highest BCUT2D eigenvalue weighted by molar-refractivity contribution is 5.96. The van der Waals surface area contributed by atoms with Crippen molar-refractivity contribution in [2.24, 2.45) is 28.6 Å². The zero-order chi connectivity index (χ0) is 19.4. The molecule has 4 rings (SSSR count). The second-order valence-corrected chi connectivity index (χ2v) is 9.80. The van der Waals surface area contributed by atoms with Gasteiger partial charge in [0.25, 0.3) is 0 Å². The topological polar surface area (TPSA) is 43.4 Å². The Labute approximate surface area is 163 Å². The fourth-order valence-corrected chi connectivity index (χ4v) is 6.80. The first-order valence-electron chi connectivity index (χ1n) is 11.0. The number of hydrogen-bond acceptors (Lipinski definition) is 3. The third kappa shape index (κ3) is 2.68. The van der Waals surface area contributed by atoms with E-state index in [1.54, 1.807) is 0 Å². The fraction of sp³-hybridized carbons (Fsp3) is 0.750. The number of allylic oxidation sites excluding steroid dienone is 4. The Bertz CT molecular complexity index is 730. The van der Waals surface area contributed by atoms with Crippen LogP contribution in [0.25, 0.3) is 0 Å². The molecule has 0 unspecified atom stereocenters. The number of hydrogen-bond donors (Lipinski definition) is 0. The number of carbonyl (C=O) groups excluding carboxylic acids is 2. The van der Waals surface area contributed by atoms with Crippen LogP contribution in [-0.2, 0) is 14.3 Å². The molecule has 0 radical (unpaired) electrons. The van der Waals surface area contributed by atoms with Crippen LogP contribution in [0.2, 0.25) is 0 Å². The van der Waals surface area contributed by atoms with Crippen molar-refractivity contribution in [3.63, 3.8) is 0 Å². The van der Waals surface area contributed by atoms with Crippen LogP contribution in [0.1, 0.15) is 79.1 Å². The molecule has 0 aromatic carbocycles. The standard InChI is InChI=1S/C24H34O3/c1-5-6-13-27-22-19(25)10-12-24(4)18-9-11-23(3)17(7-8-20(23)26)16(18)14-15(2)21(22)24/h14,16-18H,5-13H2,1-4H3/t16-,17-,18-,23-,24+/m0/s1. The summed E-state index contributed by atoms with van der Waals surface area (Å²) < 4.78 is 6.08. The molecule has 0 amide bonds. The van der Waals surface area contributed by atoms with Gasteiger partial charge in [-0.3, -0.25) is 9.59 Å². The molecule has 3 nitrogen and oxygen atoms in total. The summed E-state index contributed by atoms with van der Waals surface area (Å²) in [5.74, 6) is 2.78. The molecule has 2 saturated carbocycles. The Morgan fingerprint density at radius 2 is 1.81 bits per heavy atom. The molecule has 2 fully saturated rings. The lowest BCUT2D eigenvalue weighted by atomic mass is 9.48. The average molecular weight is 371 g/mol. The van der Waals surface area contributed by atoms with Crippen molar-refractivity contribution in [2.45, 2.75) is 79.1 Å². The summed E-state index contributed by atoms with van der Waals surface area (Å²) in [6.07, 6.45) is 9.86. The average Bonchev–Trinajstić information content (AvgIpc) is 2.93. The molecule has 0 aliphatic heterocycles. The van der Waals surface area contributed by atoms with Crippen LogP contribution in [0.15, 0.2) is 23.0 Å². The monoisotopic (exact) mass is 370 g/mol. The second-order valence-electron chi connectivity index (χ2n) is 9.80. The van der Waals surface area contributed by atoms with Crippen molar-refractivity contribution >= 4 is 11.6 Å². The summed E-state index contributed by atoms with van der Waals surface area (Å²) >= 11 is 0. The zero-order valence-electron chi connectivity index (χ0n) is 17.4. The number of carbonyl (C=O) groups is 2. The molecule has 27 heavy (non-hydrogen) atoms. The predicted octanol–water partition coefficient (Wildman–Crippen LogP) is 5.40. The van der Waals surface area contributed by atoms with Crippen molar-refractivity contribution in [1.82, 2.24) is 0 Å². The van der Waals surface area contributed by atoms with Gasteiger partial charge in [-0.15, -0.1) is 0 Å². The van der Waals surface area contributed by atoms with E-state index in [1.165, 1.54) is 11.1 Å². The highest BCUT2D eigenvalue weighted by Crippen LogP contribution is 2.64. The van der Waals surface area contributed by atoms with Crippen LogP contribution in [0.4, 0.5) is 0 Å². The van der Waals surface area contributed by atoms with Gasteiger partial charge in [-0.1, -0.05) is 33.3 Å². The van der Waals surface area contributed by atoms with E-state index in [4.69, 9.17) is 4.74 Å². The number of rotatable bonds is 4. The molecular formula is C24H34O3. The van der Waals surface area contributed by atoms with Gasteiger partial charge in [-0.25, -0.2) is 0 Å². The SMILES string of the molecule is CCCCOC1=C2C(C)=C[C@@H]3[C@H](CC[C@]4(C)C(=O)CC[C@@H]34)[C@@]2(C)CCC1=O. The summed E-state index contributed by atoms with van der Waals surface area (Å²) in [4.78, 5) is 25.3. The van der Waals surface area contributed by atoms with E-state index in [0.717, 1.165) is 44.9 Å². The maximum atomic E-state index is 12.7. The number of unbranched alkanes of at least 4 members (excludes halogenated alkanes) is 1. The van der Waals surface area contributed by atoms with Gasteiger partial charge in [-0.2, -0.15) is 0 Å². The van der Waals surface area contributed by atoms with Crippen LogP contribution in [0, 0.1) is 28.6 Å². The summed E-state index contributed by atoms with van der Waals surface area (Å²) in [5.41, 5.74) is 2.29. The maximum absolute atomic E-state index is 12.7. The molecule has 0 aromatic rings. The van der Waals surface area contributed by atoms with Crippen LogP contribution < -0.4 is 0 Å². The lowest BCUT2D eigenvalue weighted by Crippen LogP contribution is -2.50. The Kier molecular flexibility index (Phi) is 4.63. The van der Waals surface area contributed by atoms with Crippen LogP contribution in [0.5, 0.6) is 0 Å². The van der Waals surface area contributed by atoms with Gasteiger partial charge >= 0.3 is 0 Å². The normalized spacial score (nSPS) is 41.0. The van der Waals surface area contributed by atoms with E-state index in [9.17, 15) is 9.59 Å². The van der Waals surface area contributed by atoms with Crippen molar-refractivity contribution in [3.8, 4) is 0 Å². The van der Waals surface area contributed by atoms with Gasteiger partial charge in [0.2, 0.25) is 0 Å². The van der Waals surface area contributed by atoms with Gasteiger partial charge in [0, 0.05) is 29.2 Å². The largest absolute Gasteiger partial charge is 0.490 e. The number of Topliss-reactive ketones (excluding diaryl/α,β-unsaturated/α-hetero) is 2. The predicted molar refractivity (Wildman–Crippen MR) is 106 cm³/mol. The molecule has 0 aromatic heterocycles. The number of fused-ring (bicyclic) bond motifs is 5. The molecule has 0 heterocycles. The van der Waals surface area contributed by atoms with Crippen molar-refractivity contribution in [1.29, 1.82) is 0 Å². The Hall–Kier alpha value is -1.38. The lowest BCUT2D eigenvalue weighted by Gasteiger charge is -2.55. The van der Waals surface area contributed by atoms with E-state index in [-0.39, 0.29) is 16.6 Å². The first-order valence-corrected chi connectivity index (χ1v) is 11.0. The molecule has 0 spiro atoms. The quantitative estimate of drug-likeness (QED) is 0.623. The zero-order valence-corrected chi connectivity index (χ0v) is 17.4. The Morgan fingerprint density at radius 1 is 1.07 bits per heavy atom. The third-order valence-corrected chi connectivity index (χ3v) is 8.36. The van der Waals surface area contributed by atoms with Crippen molar-refractivity contribution < 1.29 is 14.3 Å². The molecule has 0 bridgehead atoms. The molecule has 148 valence electrons. The van der Waals surface area contributed by atoms with E-state index in [1.807, 2.05) is 0 Å². The molecule has 4 aliphatic rings. The van der Waals surface area contributed by atoms with Crippen LogP contribution in [-0.4, -0.2) is 18.2 Å². The maximum Gasteiger partial charge on any atom is 0.197 e. The van der Waals surface area contributed by atoms with E-state index in [0.29, 0.717) is 42.3 Å². The second kappa shape index (κ2) is 6.60. The minimum absolute atomic E-state index is 0.00588. The molecular weight excluding hydrogens is 336 g/mol. The first kappa shape index (κ1) is 19.0. The van der Waals surface area contributed by atoms with Crippen molar-refractivity contribution in [2.75, 3.05) is 6.61 Å². The smallest absolute Gasteiger partial charge is 0.197 e. The van der Waals surface area contributed by atoms with Gasteiger partial charge in [0.15, 0.2) is 11.5 Å². The Morgan fingerprint density at radius 3 is 2.56 bits per heavy atom. The fourth-order valence-electron chi connectivity index (χ4n) is 6.80. The molecule has 4 aliphatic carbocycles. The van der Waals surface area contributed by atoms with Gasteiger partial charge in [0.1, 0.15) is 5.78 Å². The molecule has 0 N–H and O–H groups in total. The van der Waals surface area contributed by atoms with Crippen molar-refractivity contribution in [3.05, 3.63) is 23.0 Å². The molecule has 3 heteroatoms. The van der Waals surface area contributed by atoms with E-state index in [2.05, 4.69) is 33.8 Å². The number of ketones is 2. The van der Waals surface area contributed by atoms with E-state index >= 15 is 0 Å². The lowest BCUT2D eigenvalue weighted by molar-refractivity contribution is -0.130. The number of ether oxygens (including phenoxy) is 1. The molecule has 0 saturated heterocycles. The third-order valence-electron chi connectivity index (χ3n) is 8.36. The summed E-state index contributed by atoms with van der Waals surface area (Å²) in [5, 5.41) is 0. The van der Waals surface area contributed by atoms with Crippen LogP contribution >= 0.6 is 0 Å². The summed E-state index contributed by atoms with van der Waals surface area (Å²) in [7, 11) is 0. The minimum atomic E-state index is -0.125.